The molecule has 0 aliphatic heterocycles. The maximum atomic E-state index is 10.3. The highest BCUT2D eigenvalue weighted by molar-refractivity contribution is 5.30. The Morgan fingerprint density at radius 2 is 2.00 bits per heavy atom. The van der Waals surface area contributed by atoms with Gasteiger partial charge < -0.3 is 15.2 Å². The lowest BCUT2D eigenvalue weighted by atomic mass is 9.97. The molecule has 112 valence electrons. The first-order valence-electron chi connectivity index (χ1n) is 7.65. The number of ether oxygens (including phenoxy) is 1. The summed E-state index contributed by atoms with van der Waals surface area (Å²) in [5, 5.41) is 13.9. The van der Waals surface area contributed by atoms with E-state index in [4.69, 9.17) is 4.74 Å². The van der Waals surface area contributed by atoms with Crippen molar-refractivity contribution in [3.05, 3.63) is 29.8 Å². The summed E-state index contributed by atoms with van der Waals surface area (Å²) in [7, 11) is 1.69. The smallest absolute Gasteiger partial charge is 0.118 e. The van der Waals surface area contributed by atoms with Crippen LogP contribution in [0.3, 0.4) is 0 Å². The Labute approximate surface area is 122 Å². The molecule has 2 unspecified atom stereocenters. The predicted octanol–water partition coefficient (Wildman–Crippen LogP) is 3.29. The van der Waals surface area contributed by atoms with E-state index in [2.05, 4.69) is 24.4 Å². The zero-order chi connectivity index (χ0) is 14.6. The van der Waals surface area contributed by atoms with Crippen LogP contribution in [0, 0.1) is 5.92 Å². The molecule has 2 atom stereocenters. The molecule has 1 saturated carbocycles. The van der Waals surface area contributed by atoms with E-state index in [0.29, 0.717) is 18.5 Å². The molecule has 3 heteroatoms. The molecule has 1 aliphatic rings. The van der Waals surface area contributed by atoms with E-state index in [9.17, 15) is 5.11 Å². The summed E-state index contributed by atoms with van der Waals surface area (Å²) in [4.78, 5) is 0. The summed E-state index contributed by atoms with van der Waals surface area (Å²) < 4.78 is 5.21. The number of aliphatic hydroxyl groups is 1. The lowest BCUT2D eigenvalue weighted by Crippen LogP contribution is -2.39. The Balaban J connectivity index is 2.00. The van der Waals surface area contributed by atoms with Crippen molar-refractivity contribution in [1.82, 2.24) is 5.32 Å². The van der Waals surface area contributed by atoms with Crippen LogP contribution in [-0.2, 0) is 0 Å². The van der Waals surface area contributed by atoms with Crippen LogP contribution in [0.15, 0.2) is 24.3 Å². The Morgan fingerprint density at radius 3 is 2.50 bits per heavy atom. The lowest BCUT2D eigenvalue weighted by molar-refractivity contribution is 0.0463. The van der Waals surface area contributed by atoms with Gasteiger partial charge in [-0.15, -0.1) is 0 Å². The van der Waals surface area contributed by atoms with Gasteiger partial charge >= 0.3 is 0 Å². The Kier molecular flexibility index (Phi) is 5.06. The molecule has 0 heterocycles. The number of rotatable bonds is 8. The van der Waals surface area contributed by atoms with E-state index < -0.39 is 5.60 Å². The molecule has 0 radical (unpaired) electrons. The average Bonchev–Trinajstić information content (AvgIpc) is 3.24. The van der Waals surface area contributed by atoms with Crippen molar-refractivity contribution in [2.75, 3.05) is 13.7 Å². The van der Waals surface area contributed by atoms with Gasteiger partial charge in [0.25, 0.3) is 0 Å². The molecular weight excluding hydrogens is 250 g/mol. The maximum Gasteiger partial charge on any atom is 0.118 e. The fourth-order valence-electron chi connectivity index (χ4n) is 2.75. The zero-order valence-electron chi connectivity index (χ0n) is 12.9. The molecule has 1 aromatic rings. The highest BCUT2D eigenvalue weighted by Crippen LogP contribution is 2.41. The molecule has 2 rings (SSSR count). The van der Waals surface area contributed by atoms with Gasteiger partial charge in [-0.3, -0.25) is 0 Å². The average molecular weight is 277 g/mol. The molecule has 1 fully saturated rings. The van der Waals surface area contributed by atoms with Crippen molar-refractivity contribution >= 4 is 0 Å². The topological polar surface area (TPSA) is 41.5 Å². The highest BCUT2D eigenvalue weighted by Gasteiger charge is 2.33. The van der Waals surface area contributed by atoms with Gasteiger partial charge in [0.05, 0.1) is 12.7 Å². The fraction of sp³-hybridized carbons (Fsp3) is 0.647. The van der Waals surface area contributed by atoms with Crippen LogP contribution >= 0.6 is 0 Å². The van der Waals surface area contributed by atoms with Crippen LogP contribution in [0.2, 0.25) is 0 Å². The van der Waals surface area contributed by atoms with E-state index >= 15 is 0 Å². The van der Waals surface area contributed by atoms with E-state index in [1.165, 1.54) is 18.4 Å². The Hall–Kier alpha value is -1.06. The summed E-state index contributed by atoms with van der Waals surface area (Å²) in [6, 6.07) is 8.63. The van der Waals surface area contributed by atoms with Crippen LogP contribution in [0.1, 0.15) is 51.1 Å². The molecular formula is C17H27NO2. The lowest BCUT2D eigenvalue weighted by Gasteiger charge is -2.27. The van der Waals surface area contributed by atoms with Gasteiger partial charge in [0.15, 0.2) is 0 Å². The number of hydrogen-bond donors (Lipinski definition) is 2. The monoisotopic (exact) mass is 277 g/mol. The second kappa shape index (κ2) is 6.59. The Bertz CT molecular complexity index is 410. The summed E-state index contributed by atoms with van der Waals surface area (Å²) in [6.45, 7) is 4.67. The SMILES string of the molecule is CCCC(C)(O)CNC(c1ccc(OC)cc1)C1CC1. The zero-order valence-corrected chi connectivity index (χ0v) is 12.9. The number of nitrogens with one attached hydrogen (secondary N) is 1. The van der Waals surface area contributed by atoms with Crippen molar-refractivity contribution in [2.24, 2.45) is 5.92 Å². The second-order valence-electron chi connectivity index (χ2n) is 6.22. The predicted molar refractivity (Wildman–Crippen MR) is 82.0 cm³/mol. The van der Waals surface area contributed by atoms with Gasteiger partial charge in [-0.2, -0.15) is 0 Å². The molecule has 3 nitrogen and oxygen atoms in total. The number of hydrogen-bond acceptors (Lipinski definition) is 3. The van der Waals surface area contributed by atoms with Gasteiger partial charge in [0.2, 0.25) is 0 Å². The van der Waals surface area contributed by atoms with Gasteiger partial charge in [-0.25, -0.2) is 0 Å². The molecule has 0 bridgehead atoms. The third-order valence-corrected chi connectivity index (χ3v) is 4.06. The minimum absolute atomic E-state index is 0.351. The van der Waals surface area contributed by atoms with Crippen molar-refractivity contribution < 1.29 is 9.84 Å². The molecule has 20 heavy (non-hydrogen) atoms. The molecule has 0 amide bonds. The first-order chi connectivity index (χ1) is 9.55. The number of methoxy groups -OCH3 is 1. The summed E-state index contributed by atoms with van der Waals surface area (Å²) in [6.07, 6.45) is 4.39. The molecule has 1 aromatic carbocycles. The second-order valence-corrected chi connectivity index (χ2v) is 6.22. The van der Waals surface area contributed by atoms with E-state index in [0.717, 1.165) is 18.6 Å². The summed E-state index contributed by atoms with van der Waals surface area (Å²) in [5.41, 5.74) is 0.676. The van der Waals surface area contributed by atoms with Crippen molar-refractivity contribution in [2.45, 2.75) is 51.2 Å². The van der Waals surface area contributed by atoms with Crippen LogP contribution in [0.5, 0.6) is 5.75 Å². The van der Waals surface area contributed by atoms with Crippen LogP contribution in [0.4, 0.5) is 0 Å². The molecule has 1 aliphatic carbocycles. The van der Waals surface area contributed by atoms with Gasteiger partial charge in [-0.05, 0) is 49.8 Å². The van der Waals surface area contributed by atoms with Crippen LogP contribution in [-0.4, -0.2) is 24.4 Å². The largest absolute Gasteiger partial charge is 0.497 e. The van der Waals surface area contributed by atoms with Gasteiger partial charge in [0, 0.05) is 12.6 Å². The van der Waals surface area contributed by atoms with Gasteiger partial charge in [-0.1, -0.05) is 25.5 Å². The molecule has 0 spiro atoms. The van der Waals surface area contributed by atoms with Crippen molar-refractivity contribution in [3.63, 3.8) is 0 Å². The maximum absolute atomic E-state index is 10.3. The standard InChI is InChI=1S/C17H27NO2/c1-4-11-17(2,19)12-18-16(13-5-6-13)14-7-9-15(20-3)10-8-14/h7-10,13,16,18-19H,4-6,11-12H2,1-3H3. The van der Waals surface area contributed by atoms with E-state index in [1.807, 2.05) is 19.1 Å². The summed E-state index contributed by atoms with van der Waals surface area (Å²) in [5.74, 6) is 1.60. The van der Waals surface area contributed by atoms with Crippen LogP contribution < -0.4 is 10.1 Å². The van der Waals surface area contributed by atoms with E-state index in [1.54, 1.807) is 7.11 Å². The third kappa shape index (κ3) is 4.22. The molecule has 0 saturated heterocycles. The van der Waals surface area contributed by atoms with E-state index in [-0.39, 0.29) is 0 Å². The van der Waals surface area contributed by atoms with Crippen molar-refractivity contribution in [1.29, 1.82) is 0 Å². The molecule has 0 aromatic heterocycles. The number of benzene rings is 1. The van der Waals surface area contributed by atoms with Gasteiger partial charge in [0.1, 0.15) is 5.75 Å². The fourth-order valence-corrected chi connectivity index (χ4v) is 2.75. The Morgan fingerprint density at radius 1 is 1.35 bits per heavy atom. The third-order valence-electron chi connectivity index (χ3n) is 4.06. The first kappa shape index (κ1) is 15.3. The van der Waals surface area contributed by atoms with Crippen LogP contribution in [0.25, 0.3) is 0 Å². The molecule has 2 N–H and O–H groups in total. The summed E-state index contributed by atoms with van der Waals surface area (Å²) >= 11 is 0. The quantitative estimate of drug-likeness (QED) is 0.766. The van der Waals surface area contributed by atoms with Crippen molar-refractivity contribution in [3.8, 4) is 5.75 Å². The first-order valence-corrected chi connectivity index (χ1v) is 7.65. The highest BCUT2D eigenvalue weighted by atomic mass is 16.5. The normalized spacial score (nSPS) is 19.4. The minimum Gasteiger partial charge on any atom is -0.497 e. The minimum atomic E-state index is -0.617.